The SMILES string of the molecule is CN1CCOc2ccc(C(N)CC(=O)O)cc21. The average Bonchev–Trinajstić information content (AvgIpc) is 2.28. The van der Waals surface area contributed by atoms with Crippen molar-refractivity contribution >= 4 is 11.7 Å². The van der Waals surface area contributed by atoms with Crippen molar-refractivity contribution in [2.45, 2.75) is 12.5 Å². The molecular weight excluding hydrogens is 220 g/mol. The number of carbonyl (C=O) groups is 1. The summed E-state index contributed by atoms with van der Waals surface area (Å²) >= 11 is 0. The minimum Gasteiger partial charge on any atom is -0.490 e. The predicted molar refractivity (Wildman–Crippen MR) is 64.4 cm³/mol. The van der Waals surface area contributed by atoms with E-state index in [0.717, 1.165) is 23.5 Å². The van der Waals surface area contributed by atoms with E-state index in [-0.39, 0.29) is 6.42 Å². The summed E-state index contributed by atoms with van der Waals surface area (Å²) in [6, 6.07) is 5.10. The average molecular weight is 236 g/mol. The number of anilines is 1. The first-order valence-electron chi connectivity index (χ1n) is 5.53. The quantitative estimate of drug-likeness (QED) is 0.818. The molecule has 0 fully saturated rings. The van der Waals surface area contributed by atoms with Crippen LogP contribution in [0.2, 0.25) is 0 Å². The van der Waals surface area contributed by atoms with Crippen LogP contribution < -0.4 is 15.4 Å². The van der Waals surface area contributed by atoms with E-state index in [0.29, 0.717) is 6.61 Å². The third-order valence-corrected chi connectivity index (χ3v) is 2.90. The van der Waals surface area contributed by atoms with Crippen LogP contribution in [-0.2, 0) is 4.79 Å². The van der Waals surface area contributed by atoms with Crippen LogP contribution in [0.4, 0.5) is 5.69 Å². The number of hydrogen-bond donors (Lipinski definition) is 2. The van der Waals surface area contributed by atoms with Crippen molar-refractivity contribution in [3.05, 3.63) is 23.8 Å². The molecule has 2 rings (SSSR count). The van der Waals surface area contributed by atoms with E-state index >= 15 is 0 Å². The second kappa shape index (κ2) is 4.63. The van der Waals surface area contributed by atoms with E-state index in [1.807, 2.05) is 25.2 Å². The van der Waals surface area contributed by atoms with Crippen LogP contribution in [-0.4, -0.2) is 31.3 Å². The number of ether oxygens (including phenoxy) is 1. The molecule has 0 bridgehead atoms. The molecule has 0 amide bonds. The van der Waals surface area contributed by atoms with E-state index < -0.39 is 12.0 Å². The highest BCUT2D eigenvalue weighted by Crippen LogP contribution is 2.33. The molecule has 0 saturated carbocycles. The molecule has 0 saturated heterocycles. The van der Waals surface area contributed by atoms with Crippen molar-refractivity contribution in [1.29, 1.82) is 0 Å². The van der Waals surface area contributed by atoms with Gasteiger partial charge < -0.3 is 20.5 Å². The molecule has 17 heavy (non-hydrogen) atoms. The zero-order valence-electron chi connectivity index (χ0n) is 9.72. The van der Waals surface area contributed by atoms with Crippen LogP contribution in [0, 0.1) is 0 Å². The number of benzene rings is 1. The number of likely N-dealkylation sites (N-methyl/N-ethyl adjacent to an activating group) is 1. The summed E-state index contributed by atoms with van der Waals surface area (Å²) in [7, 11) is 1.98. The molecule has 3 N–H and O–H groups in total. The fourth-order valence-corrected chi connectivity index (χ4v) is 1.90. The van der Waals surface area contributed by atoms with Crippen molar-refractivity contribution < 1.29 is 14.6 Å². The van der Waals surface area contributed by atoms with Crippen LogP contribution >= 0.6 is 0 Å². The summed E-state index contributed by atoms with van der Waals surface area (Å²) < 4.78 is 5.51. The molecule has 1 aliphatic heterocycles. The van der Waals surface area contributed by atoms with Crippen molar-refractivity contribution in [2.24, 2.45) is 5.73 Å². The molecule has 1 atom stereocenters. The molecule has 92 valence electrons. The molecule has 1 unspecified atom stereocenters. The summed E-state index contributed by atoms with van der Waals surface area (Å²) in [6.45, 7) is 1.49. The Balaban J connectivity index is 2.25. The van der Waals surface area contributed by atoms with Gasteiger partial charge in [-0.25, -0.2) is 0 Å². The topological polar surface area (TPSA) is 75.8 Å². The van der Waals surface area contributed by atoms with Crippen molar-refractivity contribution in [3.63, 3.8) is 0 Å². The fraction of sp³-hybridized carbons (Fsp3) is 0.417. The highest BCUT2D eigenvalue weighted by atomic mass is 16.5. The number of hydrogen-bond acceptors (Lipinski definition) is 4. The Kier molecular flexibility index (Phi) is 3.19. The van der Waals surface area contributed by atoms with E-state index in [9.17, 15) is 4.79 Å². The Morgan fingerprint density at radius 2 is 2.41 bits per heavy atom. The molecule has 5 nitrogen and oxygen atoms in total. The molecule has 0 radical (unpaired) electrons. The van der Waals surface area contributed by atoms with Gasteiger partial charge in [0.25, 0.3) is 0 Å². The molecule has 0 spiro atoms. The zero-order valence-corrected chi connectivity index (χ0v) is 9.72. The molecular formula is C12H16N2O3. The van der Waals surface area contributed by atoms with Crippen LogP contribution in [0.25, 0.3) is 0 Å². The van der Waals surface area contributed by atoms with Gasteiger partial charge in [0.05, 0.1) is 18.7 Å². The molecule has 0 aromatic heterocycles. The van der Waals surface area contributed by atoms with E-state index in [4.69, 9.17) is 15.6 Å². The van der Waals surface area contributed by atoms with E-state index in [1.54, 1.807) is 0 Å². The molecule has 5 heteroatoms. The van der Waals surface area contributed by atoms with Gasteiger partial charge in [-0.3, -0.25) is 4.79 Å². The Morgan fingerprint density at radius 1 is 1.65 bits per heavy atom. The molecule has 1 aliphatic rings. The number of nitrogens with zero attached hydrogens (tertiary/aromatic N) is 1. The molecule has 1 aromatic carbocycles. The van der Waals surface area contributed by atoms with Crippen molar-refractivity contribution in [2.75, 3.05) is 25.1 Å². The Hall–Kier alpha value is -1.75. The standard InChI is InChI=1S/C12H16N2O3/c1-14-4-5-17-11-3-2-8(6-10(11)14)9(13)7-12(15)16/h2-3,6,9H,4-5,7,13H2,1H3,(H,15,16). The van der Waals surface area contributed by atoms with Gasteiger partial charge in [-0.2, -0.15) is 0 Å². The van der Waals surface area contributed by atoms with Gasteiger partial charge in [0.2, 0.25) is 0 Å². The lowest BCUT2D eigenvalue weighted by Crippen LogP contribution is -2.29. The number of rotatable bonds is 3. The summed E-state index contributed by atoms with van der Waals surface area (Å²) in [5.74, 6) is -0.0650. The predicted octanol–water partition coefficient (Wildman–Crippen LogP) is 0.990. The third kappa shape index (κ3) is 2.50. The first-order chi connectivity index (χ1) is 8.08. The molecule has 0 aliphatic carbocycles. The lowest BCUT2D eigenvalue weighted by Gasteiger charge is -2.28. The summed E-state index contributed by atoms with van der Waals surface area (Å²) in [4.78, 5) is 12.7. The lowest BCUT2D eigenvalue weighted by atomic mass is 10.0. The highest BCUT2D eigenvalue weighted by Gasteiger charge is 2.18. The number of carboxylic acid groups (broad SMARTS) is 1. The van der Waals surface area contributed by atoms with Crippen LogP contribution in [0.3, 0.4) is 0 Å². The van der Waals surface area contributed by atoms with E-state index in [2.05, 4.69) is 4.90 Å². The zero-order chi connectivity index (χ0) is 12.4. The maximum absolute atomic E-state index is 10.6. The monoisotopic (exact) mass is 236 g/mol. The number of fused-ring (bicyclic) bond motifs is 1. The van der Waals surface area contributed by atoms with Gasteiger partial charge in [0.15, 0.2) is 0 Å². The Labute approximate surface area is 99.8 Å². The summed E-state index contributed by atoms with van der Waals surface area (Å²) in [6.07, 6.45) is -0.0661. The maximum atomic E-state index is 10.6. The van der Waals surface area contributed by atoms with Crippen LogP contribution in [0.1, 0.15) is 18.0 Å². The van der Waals surface area contributed by atoms with E-state index in [1.165, 1.54) is 0 Å². The van der Waals surface area contributed by atoms with Gasteiger partial charge >= 0.3 is 5.97 Å². The summed E-state index contributed by atoms with van der Waals surface area (Å²) in [5, 5.41) is 8.72. The van der Waals surface area contributed by atoms with Crippen LogP contribution in [0.15, 0.2) is 18.2 Å². The Morgan fingerprint density at radius 3 is 3.12 bits per heavy atom. The normalized spacial score (nSPS) is 16.0. The van der Waals surface area contributed by atoms with Gasteiger partial charge in [-0.15, -0.1) is 0 Å². The fourth-order valence-electron chi connectivity index (χ4n) is 1.90. The number of aliphatic carboxylic acids is 1. The lowest BCUT2D eigenvalue weighted by molar-refractivity contribution is -0.137. The van der Waals surface area contributed by atoms with Crippen LogP contribution in [0.5, 0.6) is 5.75 Å². The van der Waals surface area contributed by atoms with Crippen molar-refractivity contribution in [3.8, 4) is 5.75 Å². The first-order valence-corrected chi connectivity index (χ1v) is 5.53. The van der Waals surface area contributed by atoms with Gasteiger partial charge in [-0.1, -0.05) is 6.07 Å². The number of carboxylic acids is 1. The minimum absolute atomic E-state index is 0.0661. The second-order valence-corrected chi connectivity index (χ2v) is 4.20. The number of nitrogens with two attached hydrogens (primary N) is 1. The molecule has 1 aromatic rings. The van der Waals surface area contributed by atoms with Gasteiger partial charge in [0, 0.05) is 13.1 Å². The molecule has 1 heterocycles. The minimum atomic E-state index is -0.889. The third-order valence-electron chi connectivity index (χ3n) is 2.90. The highest BCUT2D eigenvalue weighted by molar-refractivity contribution is 5.68. The first kappa shape index (κ1) is 11.7. The largest absolute Gasteiger partial charge is 0.490 e. The maximum Gasteiger partial charge on any atom is 0.305 e. The van der Waals surface area contributed by atoms with Gasteiger partial charge in [-0.05, 0) is 17.7 Å². The van der Waals surface area contributed by atoms with Gasteiger partial charge in [0.1, 0.15) is 12.4 Å². The smallest absolute Gasteiger partial charge is 0.305 e. The summed E-state index contributed by atoms with van der Waals surface area (Å²) in [5.41, 5.74) is 7.62. The Bertz CT molecular complexity index is 434. The van der Waals surface area contributed by atoms with Crippen molar-refractivity contribution in [1.82, 2.24) is 0 Å². The second-order valence-electron chi connectivity index (χ2n) is 4.20.